The van der Waals surface area contributed by atoms with Crippen LogP contribution in [0.4, 0.5) is 0 Å². The van der Waals surface area contributed by atoms with Crippen molar-refractivity contribution in [2.45, 2.75) is 6.42 Å². The Morgan fingerprint density at radius 3 is 2.62 bits per heavy atom. The molecule has 144 valence electrons. The average Bonchev–Trinajstić information content (AvgIpc) is 3.40. The van der Waals surface area contributed by atoms with Gasteiger partial charge in [0.05, 0.1) is 23.2 Å². The second-order valence-corrected chi connectivity index (χ2v) is 8.15. The van der Waals surface area contributed by atoms with Gasteiger partial charge in [-0.2, -0.15) is 10.2 Å². The van der Waals surface area contributed by atoms with Crippen molar-refractivity contribution < 1.29 is 4.79 Å². The highest BCUT2D eigenvalue weighted by Gasteiger charge is 2.12. The van der Waals surface area contributed by atoms with Crippen LogP contribution < -0.4 is 5.43 Å². The first-order valence-corrected chi connectivity index (χ1v) is 10.6. The Bertz CT molecular complexity index is 1120. The number of para-hydroxylation sites is 1. The van der Waals surface area contributed by atoms with Crippen molar-refractivity contribution in [3.63, 3.8) is 0 Å². The van der Waals surface area contributed by atoms with E-state index in [2.05, 4.69) is 26.5 Å². The van der Waals surface area contributed by atoms with Gasteiger partial charge in [-0.25, -0.2) is 10.1 Å². The number of hydrogen-bond acceptors (Lipinski definition) is 4. The average molecular weight is 465 g/mol. The molecule has 0 atom stereocenters. The van der Waals surface area contributed by atoms with Crippen LogP contribution in [0, 0.1) is 0 Å². The van der Waals surface area contributed by atoms with Gasteiger partial charge in [0.2, 0.25) is 5.91 Å². The third-order valence-corrected chi connectivity index (χ3v) is 5.59. The lowest BCUT2D eigenvalue weighted by Crippen LogP contribution is -2.19. The Morgan fingerprint density at radius 1 is 1.10 bits per heavy atom. The van der Waals surface area contributed by atoms with Gasteiger partial charge in [-0.1, -0.05) is 52.3 Å². The molecule has 0 saturated carbocycles. The van der Waals surface area contributed by atoms with E-state index in [0.29, 0.717) is 0 Å². The summed E-state index contributed by atoms with van der Waals surface area (Å²) in [6.45, 7) is 0. The number of halogens is 1. The zero-order valence-corrected chi connectivity index (χ0v) is 17.7. The van der Waals surface area contributed by atoms with E-state index in [9.17, 15) is 4.79 Å². The summed E-state index contributed by atoms with van der Waals surface area (Å²) in [5.41, 5.74) is 6.15. The number of amides is 1. The van der Waals surface area contributed by atoms with Crippen molar-refractivity contribution in [3.8, 4) is 16.3 Å². The maximum absolute atomic E-state index is 12.2. The predicted octanol–water partition coefficient (Wildman–Crippen LogP) is 5.06. The fraction of sp³-hybridized carbons (Fsp3) is 0.0455. The topological polar surface area (TPSA) is 59.3 Å². The molecular weight excluding hydrogens is 448 g/mol. The van der Waals surface area contributed by atoms with E-state index in [0.717, 1.165) is 31.9 Å². The highest BCUT2D eigenvalue weighted by molar-refractivity contribution is 9.10. The molecule has 0 aliphatic heterocycles. The van der Waals surface area contributed by atoms with Crippen LogP contribution >= 0.6 is 27.3 Å². The molecule has 0 bridgehead atoms. The molecule has 0 fully saturated rings. The summed E-state index contributed by atoms with van der Waals surface area (Å²) in [4.78, 5) is 13.2. The minimum absolute atomic E-state index is 0.170. The van der Waals surface area contributed by atoms with Crippen LogP contribution in [0.15, 0.2) is 87.9 Å². The molecule has 0 spiro atoms. The van der Waals surface area contributed by atoms with E-state index < -0.39 is 0 Å². The van der Waals surface area contributed by atoms with Crippen LogP contribution in [0.1, 0.15) is 11.1 Å². The first-order chi connectivity index (χ1) is 14.2. The van der Waals surface area contributed by atoms with Gasteiger partial charge in [-0.15, -0.1) is 11.3 Å². The van der Waals surface area contributed by atoms with Crippen molar-refractivity contribution in [2.24, 2.45) is 5.10 Å². The van der Waals surface area contributed by atoms with Crippen molar-refractivity contribution in [1.82, 2.24) is 15.2 Å². The third-order valence-electron chi connectivity index (χ3n) is 4.19. The second-order valence-electron chi connectivity index (χ2n) is 6.29. The lowest BCUT2D eigenvalue weighted by atomic mass is 10.1. The molecule has 0 aliphatic rings. The van der Waals surface area contributed by atoms with Crippen LogP contribution in [0.3, 0.4) is 0 Å². The number of hydrogen-bond donors (Lipinski definition) is 1. The number of nitrogens with zero attached hydrogens (tertiary/aromatic N) is 3. The molecule has 1 amide bonds. The van der Waals surface area contributed by atoms with Crippen molar-refractivity contribution in [2.75, 3.05) is 0 Å². The Kier molecular flexibility index (Phi) is 5.97. The number of benzene rings is 2. The van der Waals surface area contributed by atoms with Gasteiger partial charge in [0, 0.05) is 16.2 Å². The summed E-state index contributed by atoms with van der Waals surface area (Å²) < 4.78 is 2.80. The number of nitrogens with one attached hydrogen (secondary N) is 1. The van der Waals surface area contributed by atoms with Crippen molar-refractivity contribution >= 4 is 39.4 Å². The van der Waals surface area contributed by atoms with Crippen LogP contribution in [0.2, 0.25) is 0 Å². The minimum Gasteiger partial charge on any atom is -0.273 e. The largest absolute Gasteiger partial charge is 0.273 e. The van der Waals surface area contributed by atoms with Gasteiger partial charge < -0.3 is 0 Å². The molecule has 1 N–H and O–H groups in total. The first kappa shape index (κ1) is 19.3. The summed E-state index contributed by atoms with van der Waals surface area (Å²) in [5, 5.41) is 10.9. The zero-order chi connectivity index (χ0) is 20.1. The summed E-state index contributed by atoms with van der Waals surface area (Å²) in [6, 6.07) is 21.5. The molecule has 0 unspecified atom stereocenters. The lowest BCUT2D eigenvalue weighted by Gasteiger charge is -2.00. The van der Waals surface area contributed by atoms with Gasteiger partial charge in [0.25, 0.3) is 0 Å². The lowest BCUT2D eigenvalue weighted by molar-refractivity contribution is -0.120. The molecule has 7 heteroatoms. The van der Waals surface area contributed by atoms with Crippen LogP contribution in [0.25, 0.3) is 16.3 Å². The number of hydrazone groups is 1. The Morgan fingerprint density at radius 2 is 1.90 bits per heavy atom. The highest BCUT2D eigenvalue weighted by Crippen LogP contribution is 2.26. The predicted molar refractivity (Wildman–Crippen MR) is 120 cm³/mol. The molecule has 4 rings (SSSR count). The highest BCUT2D eigenvalue weighted by atomic mass is 79.9. The van der Waals surface area contributed by atoms with Crippen molar-refractivity contribution in [1.29, 1.82) is 0 Å². The minimum atomic E-state index is -0.170. The molecule has 29 heavy (non-hydrogen) atoms. The number of rotatable bonds is 6. The molecule has 0 radical (unpaired) electrons. The molecule has 2 aromatic heterocycles. The molecular formula is C22H17BrN4OS. The Hall–Kier alpha value is -3.03. The molecule has 0 saturated heterocycles. The molecule has 2 aromatic carbocycles. The van der Waals surface area contributed by atoms with Crippen LogP contribution in [0.5, 0.6) is 0 Å². The maximum atomic E-state index is 12.2. The van der Waals surface area contributed by atoms with Gasteiger partial charge in [0.15, 0.2) is 0 Å². The smallest absolute Gasteiger partial charge is 0.244 e. The van der Waals surface area contributed by atoms with Gasteiger partial charge in [-0.3, -0.25) is 4.79 Å². The van der Waals surface area contributed by atoms with Gasteiger partial charge in [-0.05, 0) is 41.3 Å². The monoisotopic (exact) mass is 464 g/mol. The molecule has 4 aromatic rings. The first-order valence-electron chi connectivity index (χ1n) is 8.94. The Labute approximate surface area is 180 Å². The number of carbonyl (C=O) groups is 1. The summed E-state index contributed by atoms with van der Waals surface area (Å²) in [6.07, 6.45) is 3.82. The van der Waals surface area contributed by atoms with E-state index in [1.54, 1.807) is 17.6 Å². The number of aromatic nitrogens is 2. The van der Waals surface area contributed by atoms with E-state index in [1.165, 1.54) is 0 Å². The van der Waals surface area contributed by atoms with E-state index in [4.69, 9.17) is 5.10 Å². The third kappa shape index (κ3) is 4.88. The van der Waals surface area contributed by atoms with Gasteiger partial charge >= 0.3 is 0 Å². The summed E-state index contributed by atoms with van der Waals surface area (Å²) >= 11 is 5.00. The van der Waals surface area contributed by atoms with Crippen molar-refractivity contribution in [3.05, 3.63) is 93.9 Å². The Balaban J connectivity index is 1.51. The number of carbonyl (C=O) groups excluding carboxylic acids is 1. The van der Waals surface area contributed by atoms with E-state index in [-0.39, 0.29) is 12.3 Å². The van der Waals surface area contributed by atoms with Gasteiger partial charge in [0.1, 0.15) is 5.69 Å². The molecule has 5 nitrogen and oxygen atoms in total. The SMILES string of the molecule is O=C(Cc1ccc(Br)cc1)N/N=C/c1cn(-c2ccccc2)nc1-c1cccs1. The maximum Gasteiger partial charge on any atom is 0.244 e. The standard InChI is InChI=1S/C22H17BrN4OS/c23-18-10-8-16(9-11-18)13-21(28)25-24-14-17-15-27(19-5-2-1-3-6-19)26-22(17)20-7-4-12-29-20/h1-12,14-15H,13H2,(H,25,28)/b24-14+. The summed E-state index contributed by atoms with van der Waals surface area (Å²) in [5.74, 6) is -0.170. The van der Waals surface area contributed by atoms with E-state index >= 15 is 0 Å². The van der Waals surface area contributed by atoms with E-state index in [1.807, 2.05) is 83.0 Å². The quantitative estimate of drug-likeness (QED) is 0.320. The normalized spacial score (nSPS) is 11.1. The molecule has 2 heterocycles. The zero-order valence-electron chi connectivity index (χ0n) is 15.3. The fourth-order valence-electron chi connectivity index (χ4n) is 2.80. The second kappa shape index (κ2) is 8.98. The fourth-order valence-corrected chi connectivity index (χ4v) is 3.80. The summed E-state index contributed by atoms with van der Waals surface area (Å²) in [7, 11) is 0. The van der Waals surface area contributed by atoms with Crippen LogP contribution in [-0.2, 0) is 11.2 Å². The van der Waals surface area contributed by atoms with Crippen LogP contribution in [-0.4, -0.2) is 21.9 Å². The molecule has 0 aliphatic carbocycles. The number of thiophene rings is 1.